The molecule has 1 N–H and O–H groups in total. The highest BCUT2D eigenvalue weighted by Crippen LogP contribution is 2.43. The number of aromatic nitrogens is 3. The summed E-state index contributed by atoms with van der Waals surface area (Å²) in [5.74, 6) is 2.54. The fraction of sp³-hybridized carbons (Fsp3) is 0.188. The van der Waals surface area contributed by atoms with Crippen molar-refractivity contribution in [2.75, 3.05) is 24.6 Å². The van der Waals surface area contributed by atoms with E-state index in [0.29, 0.717) is 46.4 Å². The van der Waals surface area contributed by atoms with Gasteiger partial charge in [-0.05, 0) is 12.1 Å². The van der Waals surface area contributed by atoms with E-state index in [1.807, 2.05) is 18.2 Å². The zero-order valence-electron chi connectivity index (χ0n) is 12.8. The van der Waals surface area contributed by atoms with Crippen LogP contribution >= 0.6 is 23.2 Å². The molecule has 0 bridgehead atoms. The quantitative estimate of drug-likeness (QED) is 0.676. The zero-order valence-corrected chi connectivity index (χ0v) is 14.3. The number of ether oxygens (including phenoxy) is 3. The lowest BCUT2D eigenvalue weighted by molar-refractivity contribution is 0.171. The van der Waals surface area contributed by atoms with E-state index in [4.69, 9.17) is 37.4 Å². The van der Waals surface area contributed by atoms with Crippen molar-refractivity contribution in [1.29, 1.82) is 0 Å². The molecule has 128 valence electrons. The molecule has 1 aromatic carbocycles. The molecule has 2 aromatic heterocycles. The largest absolute Gasteiger partial charge is 0.492 e. The maximum absolute atomic E-state index is 6.25. The molecule has 7 nitrogen and oxygen atoms in total. The van der Waals surface area contributed by atoms with Crippen LogP contribution in [-0.4, -0.2) is 34.2 Å². The number of pyridine rings is 1. The van der Waals surface area contributed by atoms with Crippen molar-refractivity contribution < 1.29 is 14.2 Å². The smallest absolute Gasteiger partial charge is 0.262 e. The Kier molecular flexibility index (Phi) is 4.33. The summed E-state index contributed by atoms with van der Waals surface area (Å²) in [6.07, 6.45) is 2.96. The van der Waals surface area contributed by atoms with Crippen molar-refractivity contribution in [1.82, 2.24) is 15.0 Å². The number of nitrogens with zero attached hydrogens (tertiary/aromatic N) is 3. The number of fused-ring (bicyclic) bond motifs is 2. The molecule has 0 atom stereocenters. The Hall–Kier alpha value is -2.51. The molecule has 1 aliphatic rings. The Labute approximate surface area is 152 Å². The minimum atomic E-state index is 0.100. The summed E-state index contributed by atoms with van der Waals surface area (Å²) >= 11 is 11.9. The third-order valence-electron chi connectivity index (χ3n) is 3.55. The van der Waals surface area contributed by atoms with Gasteiger partial charge in [-0.2, -0.15) is 0 Å². The van der Waals surface area contributed by atoms with Crippen molar-refractivity contribution in [2.45, 2.75) is 0 Å². The van der Waals surface area contributed by atoms with Gasteiger partial charge >= 0.3 is 0 Å². The summed E-state index contributed by atoms with van der Waals surface area (Å²) < 4.78 is 16.3. The molecule has 0 fully saturated rings. The van der Waals surface area contributed by atoms with E-state index in [-0.39, 0.29) is 6.79 Å². The summed E-state index contributed by atoms with van der Waals surface area (Å²) in [5.41, 5.74) is 1.27. The van der Waals surface area contributed by atoms with E-state index in [1.54, 1.807) is 0 Å². The van der Waals surface area contributed by atoms with Gasteiger partial charge in [0.1, 0.15) is 30.2 Å². The predicted molar refractivity (Wildman–Crippen MR) is 94.4 cm³/mol. The monoisotopic (exact) mass is 378 g/mol. The van der Waals surface area contributed by atoms with Gasteiger partial charge in [0.25, 0.3) is 5.88 Å². The number of alkyl halides is 1. The van der Waals surface area contributed by atoms with Crippen LogP contribution in [0.3, 0.4) is 0 Å². The van der Waals surface area contributed by atoms with Crippen LogP contribution < -0.4 is 19.5 Å². The van der Waals surface area contributed by atoms with Gasteiger partial charge < -0.3 is 19.5 Å². The number of anilines is 2. The first-order valence-electron chi connectivity index (χ1n) is 7.41. The van der Waals surface area contributed by atoms with Gasteiger partial charge in [0.05, 0.1) is 22.6 Å². The summed E-state index contributed by atoms with van der Waals surface area (Å²) in [6, 6.07) is 5.53. The van der Waals surface area contributed by atoms with Crippen molar-refractivity contribution in [3.8, 4) is 17.4 Å². The van der Waals surface area contributed by atoms with Crippen molar-refractivity contribution >= 4 is 45.6 Å². The molecule has 0 radical (unpaired) electrons. The second-order valence-electron chi connectivity index (χ2n) is 5.09. The molecule has 3 aromatic rings. The van der Waals surface area contributed by atoms with Crippen molar-refractivity contribution in [2.24, 2.45) is 0 Å². The Balaban J connectivity index is 1.72. The first-order chi connectivity index (χ1) is 12.3. The van der Waals surface area contributed by atoms with Gasteiger partial charge in [0.2, 0.25) is 12.5 Å². The maximum atomic E-state index is 6.25. The molecular weight excluding hydrogens is 367 g/mol. The molecule has 0 spiro atoms. The Morgan fingerprint density at radius 1 is 1.20 bits per heavy atom. The fourth-order valence-electron chi connectivity index (χ4n) is 2.45. The second-order valence-corrected chi connectivity index (χ2v) is 5.87. The highest BCUT2D eigenvalue weighted by atomic mass is 35.5. The summed E-state index contributed by atoms with van der Waals surface area (Å²) in [6.45, 7) is 0.530. The van der Waals surface area contributed by atoms with E-state index in [1.165, 1.54) is 12.5 Å². The number of halogens is 2. The zero-order chi connectivity index (χ0) is 17.2. The van der Waals surface area contributed by atoms with E-state index < -0.39 is 0 Å². The normalized spacial score (nSPS) is 12.4. The van der Waals surface area contributed by atoms with Crippen molar-refractivity contribution in [3.05, 3.63) is 35.7 Å². The Morgan fingerprint density at radius 3 is 3.00 bits per heavy atom. The Bertz CT molecular complexity index is 939. The van der Waals surface area contributed by atoms with Crippen LogP contribution in [0.2, 0.25) is 5.02 Å². The van der Waals surface area contributed by atoms with E-state index in [9.17, 15) is 0 Å². The highest BCUT2D eigenvalue weighted by molar-refractivity contribution is 6.33. The summed E-state index contributed by atoms with van der Waals surface area (Å²) in [5, 5.41) is 4.40. The molecule has 9 heteroatoms. The third kappa shape index (κ3) is 3.08. The summed E-state index contributed by atoms with van der Waals surface area (Å²) in [4.78, 5) is 12.7. The first kappa shape index (κ1) is 16.0. The van der Waals surface area contributed by atoms with Gasteiger partial charge in [-0.1, -0.05) is 11.6 Å². The molecule has 0 saturated carbocycles. The molecule has 1 aliphatic heterocycles. The number of nitrogens with one attached hydrogen (secondary N) is 1. The summed E-state index contributed by atoms with van der Waals surface area (Å²) in [7, 11) is 0. The SMILES string of the molecule is ClCCOc1ccc2c(Nc3c(Cl)cnc4c3OCO4)ncnc2c1. The van der Waals surface area contributed by atoms with Gasteiger partial charge in [0.15, 0.2) is 0 Å². The van der Waals surface area contributed by atoms with Crippen LogP contribution in [0.4, 0.5) is 11.5 Å². The third-order valence-corrected chi connectivity index (χ3v) is 3.99. The molecule has 0 unspecified atom stereocenters. The number of rotatable bonds is 5. The number of hydrogen-bond donors (Lipinski definition) is 1. The average molecular weight is 379 g/mol. The molecule has 0 saturated heterocycles. The average Bonchev–Trinajstić information content (AvgIpc) is 3.11. The van der Waals surface area contributed by atoms with Gasteiger partial charge in [0, 0.05) is 11.5 Å². The van der Waals surface area contributed by atoms with Crippen LogP contribution in [0.25, 0.3) is 10.9 Å². The molecule has 0 aliphatic carbocycles. The standard InChI is InChI=1S/C16H12Cl2N4O3/c17-3-4-23-9-1-2-10-12(5-9)20-7-21-15(10)22-13-11(18)6-19-16-14(13)24-8-25-16/h1-2,5-7H,3-4,8H2,(H,19,20,21,22). The predicted octanol–water partition coefficient (Wildman–Crippen LogP) is 3.77. The minimum Gasteiger partial charge on any atom is -0.492 e. The lowest BCUT2D eigenvalue weighted by atomic mass is 10.2. The van der Waals surface area contributed by atoms with E-state index >= 15 is 0 Å². The lowest BCUT2D eigenvalue weighted by Crippen LogP contribution is -2.00. The van der Waals surface area contributed by atoms with Gasteiger partial charge in [-0.15, -0.1) is 11.6 Å². The molecule has 4 rings (SSSR count). The fourth-order valence-corrected chi connectivity index (χ4v) is 2.71. The highest BCUT2D eigenvalue weighted by Gasteiger charge is 2.23. The molecule has 3 heterocycles. The number of benzene rings is 1. The van der Waals surface area contributed by atoms with Crippen LogP contribution in [0.15, 0.2) is 30.7 Å². The Morgan fingerprint density at radius 2 is 2.12 bits per heavy atom. The van der Waals surface area contributed by atoms with Crippen molar-refractivity contribution in [3.63, 3.8) is 0 Å². The van der Waals surface area contributed by atoms with Crippen LogP contribution in [0, 0.1) is 0 Å². The van der Waals surface area contributed by atoms with Crippen LogP contribution in [0.5, 0.6) is 17.4 Å². The minimum absolute atomic E-state index is 0.100. The molecular formula is C16H12Cl2N4O3. The van der Waals surface area contributed by atoms with Gasteiger partial charge in [-0.25, -0.2) is 15.0 Å². The maximum Gasteiger partial charge on any atom is 0.262 e. The van der Waals surface area contributed by atoms with Gasteiger partial charge in [-0.3, -0.25) is 0 Å². The molecule has 25 heavy (non-hydrogen) atoms. The second kappa shape index (κ2) is 6.78. The van der Waals surface area contributed by atoms with E-state index in [2.05, 4.69) is 20.3 Å². The first-order valence-corrected chi connectivity index (χ1v) is 8.32. The van der Waals surface area contributed by atoms with Crippen LogP contribution in [0.1, 0.15) is 0 Å². The van der Waals surface area contributed by atoms with E-state index in [0.717, 1.165) is 10.9 Å². The lowest BCUT2D eigenvalue weighted by Gasteiger charge is -2.12. The molecule has 0 amide bonds. The number of hydrogen-bond acceptors (Lipinski definition) is 7. The van der Waals surface area contributed by atoms with Crippen LogP contribution in [-0.2, 0) is 0 Å². The topological polar surface area (TPSA) is 78.4 Å².